The van der Waals surface area contributed by atoms with E-state index in [1.807, 2.05) is 12.1 Å². The average Bonchev–Trinajstić information content (AvgIpc) is 3.04. The molecule has 0 aliphatic carbocycles. The van der Waals surface area contributed by atoms with Crippen LogP contribution >= 0.6 is 0 Å². The predicted octanol–water partition coefficient (Wildman–Crippen LogP) is 3.89. The van der Waals surface area contributed by atoms with Gasteiger partial charge in [0.2, 0.25) is 0 Å². The first-order valence-electron chi connectivity index (χ1n) is 7.89. The molecule has 0 saturated heterocycles. The predicted molar refractivity (Wildman–Crippen MR) is 83.7 cm³/mol. The number of para-hydroxylation sites is 1. The molecule has 0 fully saturated rings. The third kappa shape index (κ3) is 3.30. The van der Waals surface area contributed by atoms with Crippen molar-refractivity contribution in [2.45, 2.75) is 38.6 Å². The molecule has 112 valence electrons. The van der Waals surface area contributed by atoms with Gasteiger partial charge in [0.1, 0.15) is 11.5 Å². The van der Waals surface area contributed by atoms with E-state index in [0.29, 0.717) is 6.04 Å². The van der Waals surface area contributed by atoms with Gasteiger partial charge in [-0.3, -0.25) is 0 Å². The van der Waals surface area contributed by atoms with Crippen molar-refractivity contribution >= 4 is 0 Å². The number of nitrogens with one attached hydrogen (secondary N) is 1. The van der Waals surface area contributed by atoms with Gasteiger partial charge in [-0.1, -0.05) is 25.1 Å². The van der Waals surface area contributed by atoms with Crippen molar-refractivity contribution < 1.29 is 9.15 Å². The Morgan fingerprint density at radius 2 is 2.19 bits per heavy atom. The second-order valence-corrected chi connectivity index (χ2v) is 5.52. The van der Waals surface area contributed by atoms with Crippen molar-refractivity contribution in [3.8, 4) is 5.75 Å². The Hall–Kier alpha value is -1.74. The van der Waals surface area contributed by atoms with Crippen LogP contribution in [0.15, 0.2) is 41.0 Å². The van der Waals surface area contributed by atoms with Crippen LogP contribution in [-0.4, -0.2) is 13.2 Å². The van der Waals surface area contributed by atoms with E-state index in [-0.39, 0.29) is 0 Å². The van der Waals surface area contributed by atoms with Crippen LogP contribution in [0.3, 0.4) is 0 Å². The number of ether oxygens (including phenoxy) is 1. The zero-order chi connectivity index (χ0) is 14.5. The van der Waals surface area contributed by atoms with Gasteiger partial charge in [-0.05, 0) is 43.5 Å². The molecule has 3 rings (SSSR count). The Morgan fingerprint density at radius 3 is 3.00 bits per heavy atom. The lowest BCUT2D eigenvalue weighted by Gasteiger charge is -2.25. The molecule has 1 N–H and O–H groups in total. The van der Waals surface area contributed by atoms with E-state index in [1.54, 1.807) is 6.26 Å². The highest BCUT2D eigenvalue weighted by Crippen LogP contribution is 2.34. The molecule has 3 nitrogen and oxygen atoms in total. The second-order valence-electron chi connectivity index (χ2n) is 5.52. The van der Waals surface area contributed by atoms with E-state index < -0.39 is 0 Å². The Balaban J connectivity index is 1.79. The molecular weight excluding hydrogens is 262 g/mol. The molecule has 0 saturated carbocycles. The maximum Gasteiger partial charge on any atom is 0.127 e. The first kappa shape index (κ1) is 14.2. The maximum atomic E-state index is 5.96. The van der Waals surface area contributed by atoms with E-state index in [4.69, 9.17) is 9.15 Å². The number of benzene rings is 1. The van der Waals surface area contributed by atoms with Crippen molar-refractivity contribution in [2.24, 2.45) is 0 Å². The van der Waals surface area contributed by atoms with Gasteiger partial charge in [0.15, 0.2) is 0 Å². The highest BCUT2D eigenvalue weighted by molar-refractivity contribution is 5.44. The molecule has 0 radical (unpaired) electrons. The van der Waals surface area contributed by atoms with E-state index in [9.17, 15) is 0 Å². The van der Waals surface area contributed by atoms with Gasteiger partial charge in [0.25, 0.3) is 0 Å². The number of aryl methyl sites for hydroxylation is 2. The molecular formula is C18H23NO2. The van der Waals surface area contributed by atoms with Crippen LogP contribution in [0.1, 0.15) is 42.7 Å². The number of hydrogen-bond acceptors (Lipinski definition) is 3. The van der Waals surface area contributed by atoms with E-state index in [0.717, 1.165) is 50.3 Å². The molecule has 0 spiro atoms. The molecule has 21 heavy (non-hydrogen) atoms. The third-order valence-corrected chi connectivity index (χ3v) is 4.05. The third-order valence-electron chi connectivity index (χ3n) is 4.05. The quantitative estimate of drug-likeness (QED) is 0.874. The molecule has 1 aromatic carbocycles. The number of hydrogen-bond donors (Lipinski definition) is 1. The van der Waals surface area contributed by atoms with Crippen molar-refractivity contribution in [3.63, 3.8) is 0 Å². The molecule has 2 aromatic rings. The molecule has 1 atom stereocenters. The number of fused-ring (bicyclic) bond motifs is 1. The van der Waals surface area contributed by atoms with Crippen LogP contribution < -0.4 is 10.1 Å². The fourth-order valence-electron chi connectivity index (χ4n) is 3.04. The molecule has 3 heteroatoms. The first-order chi connectivity index (χ1) is 10.4. The summed E-state index contributed by atoms with van der Waals surface area (Å²) < 4.78 is 11.4. The largest absolute Gasteiger partial charge is 0.493 e. The summed E-state index contributed by atoms with van der Waals surface area (Å²) in [7, 11) is 0. The summed E-state index contributed by atoms with van der Waals surface area (Å²) in [5.74, 6) is 2.15. The summed E-state index contributed by atoms with van der Waals surface area (Å²) in [6, 6.07) is 10.8. The first-order valence-corrected chi connectivity index (χ1v) is 7.89. The fraction of sp³-hybridized carbons (Fsp3) is 0.444. The zero-order valence-electron chi connectivity index (χ0n) is 12.6. The molecule has 0 amide bonds. The normalized spacial score (nSPS) is 15.3. The van der Waals surface area contributed by atoms with Crippen molar-refractivity contribution in [2.75, 3.05) is 13.2 Å². The van der Waals surface area contributed by atoms with Gasteiger partial charge in [0, 0.05) is 18.0 Å². The minimum Gasteiger partial charge on any atom is -0.493 e. The summed E-state index contributed by atoms with van der Waals surface area (Å²) in [5, 5.41) is 3.59. The maximum absolute atomic E-state index is 5.96. The minimum absolute atomic E-state index is 0.313. The van der Waals surface area contributed by atoms with Crippen LogP contribution in [0.25, 0.3) is 0 Å². The Bertz CT molecular complexity index is 563. The smallest absolute Gasteiger partial charge is 0.127 e. The molecule has 1 aromatic heterocycles. The molecule has 1 unspecified atom stereocenters. The summed E-state index contributed by atoms with van der Waals surface area (Å²) in [6.45, 7) is 3.93. The van der Waals surface area contributed by atoms with Crippen LogP contribution in [0.4, 0.5) is 0 Å². The van der Waals surface area contributed by atoms with E-state index in [2.05, 4.69) is 30.4 Å². The van der Waals surface area contributed by atoms with Gasteiger partial charge in [-0.15, -0.1) is 0 Å². The summed E-state index contributed by atoms with van der Waals surface area (Å²) in [6.07, 6.45) is 5.94. The fourth-order valence-corrected chi connectivity index (χ4v) is 3.04. The molecule has 1 aliphatic heterocycles. The van der Waals surface area contributed by atoms with Gasteiger partial charge < -0.3 is 14.5 Å². The Morgan fingerprint density at radius 1 is 1.24 bits per heavy atom. The number of furan rings is 1. The Kier molecular flexibility index (Phi) is 4.61. The summed E-state index contributed by atoms with van der Waals surface area (Å²) >= 11 is 0. The Labute approximate surface area is 126 Å². The van der Waals surface area contributed by atoms with Crippen molar-refractivity contribution in [1.29, 1.82) is 0 Å². The lowest BCUT2D eigenvalue weighted by Crippen LogP contribution is -2.23. The molecule has 1 aliphatic rings. The molecule has 0 bridgehead atoms. The molecule has 2 heterocycles. The van der Waals surface area contributed by atoms with Crippen molar-refractivity contribution in [1.82, 2.24) is 5.32 Å². The standard InChI is InChI=1S/C18H23NO2/c1-2-19-17(11-10-15-8-5-12-20-15)16-9-3-6-14-7-4-13-21-18(14)16/h3,5-6,8-9,12,17,19H,2,4,7,10-11,13H2,1H3. The SMILES string of the molecule is CCNC(CCc1ccco1)c1cccc2c1OCCC2. The van der Waals surface area contributed by atoms with Crippen LogP contribution in [0.2, 0.25) is 0 Å². The summed E-state index contributed by atoms with van der Waals surface area (Å²) in [4.78, 5) is 0. The van der Waals surface area contributed by atoms with Gasteiger partial charge in [-0.2, -0.15) is 0 Å². The zero-order valence-corrected chi connectivity index (χ0v) is 12.6. The van der Waals surface area contributed by atoms with Gasteiger partial charge in [0.05, 0.1) is 12.9 Å². The second kappa shape index (κ2) is 6.81. The van der Waals surface area contributed by atoms with Gasteiger partial charge in [-0.25, -0.2) is 0 Å². The number of rotatable bonds is 6. The van der Waals surface area contributed by atoms with Crippen molar-refractivity contribution in [3.05, 3.63) is 53.5 Å². The average molecular weight is 285 g/mol. The van der Waals surface area contributed by atoms with E-state index >= 15 is 0 Å². The lowest BCUT2D eigenvalue weighted by molar-refractivity contribution is 0.280. The minimum atomic E-state index is 0.313. The van der Waals surface area contributed by atoms with Gasteiger partial charge >= 0.3 is 0 Å². The lowest BCUT2D eigenvalue weighted by atomic mass is 9.95. The van der Waals surface area contributed by atoms with E-state index in [1.165, 1.54) is 11.1 Å². The highest BCUT2D eigenvalue weighted by Gasteiger charge is 2.20. The van der Waals surface area contributed by atoms with Crippen LogP contribution in [0.5, 0.6) is 5.75 Å². The van der Waals surface area contributed by atoms with Crippen LogP contribution in [0, 0.1) is 0 Å². The monoisotopic (exact) mass is 285 g/mol. The topological polar surface area (TPSA) is 34.4 Å². The summed E-state index contributed by atoms with van der Waals surface area (Å²) in [5.41, 5.74) is 2.64. The van der Waals surface area contributed by atoms with Crippen LogP contribution in [-0.2, 0) is 12.8 Å². The highest BCUT2D eigenvalue weighted by atomic mass is 16.5.